The largest absolute Gasteiger partial charge is 0.244 e. The molecule has 0 amide bonds. The lowest BCUT2D eigenvalue weighted by atomic mass is 9.28. The number of halogens is 1. The van der Waals surface area contributed by atoms with E-state index < -0.39 is 5.67 Å². The fourth-order valence-corrected chi connectivity index (χ4v) is 12.2. The van der Waals surface area contributed by atoms with Crippen LogP contribution < -0.4 is 0 Å². The van der Waals surface area contributed by atoms with Gasteiger partial charge in [0.1, 0.15) is 5.67 Å². The Morgan fingerprint density at radius 1 is 0.520 bits per heavy atom. The van der Waals surface area contributed by atoms with E-state index in [1.165, 1.54) is 57.8 Å². The lowest BCUT2D eigenvalue weighted by Crippen LogP contribution is -2.69. The van der Waals surface area contributed by atoms with E-state index in [0.29, 0.717) is 21.7 Å². The molecule has 0 aliphatic heterocycles. The van der Waals surface area contributed by atoms with E-state index in [9.17, 15) is 0 Å². The van der Waals surface area contributed by atoms with E-state index in [-0.39, 0.29) is 10.8 Å². The SMILES string of the molecule is CC12CC3CC(C)(C1)CC(C14CC5(C)CC(C)(CC(F)(C5)C1)C4)(C3)C2. The highest BCUT2D eigenvalue weighted by Gasteiger charge is 2.74. The van der Waals surface area contributed by atoms with Gasteiger partial charge < -0.3 is 0 Å². The molecular formula is C24H37F. The maximum absolute atomic E-state index is 16.1. The molecule has 0 spiro atoms. The second kappa shape index (κ2) is 3.88. The summed E-state index contributed by atoms with van der Waals surface area (Å²) in [5.74, 6) is 0.940. The van der Waals surface area contributed by atoms with Crippen molar-refractivity contribution in [3.63, 3.8) is 0 Å². The Hall–Kier alpha value is -0.0700. The van der Waals surface area contributed by atoms with Gasteiger partial charge in [-0.15, -0.1) is 0 Å². The molecule has 0 aromatic rings. The van der Waals surface area contributed by atoms with Crippen LogP contribution in [0.2, 0.25) is 0 Å². The van der Waals surface area contributed by atoms with Crippen LogP contribution in [0.25, 0.3) is 0 Å². The van der Waals surface area contributed by atoms with Crippen LogP contribution in [-0.4, -0.2) is 5.67 Å². The zero-order chi connectivity index (χ0) is 17.6. The van der Waals surface area contributed by atoms with Crippen LogP contribution in [0.4, 0.5) is 4.39 Å². The van der Waals surface area contributed by atoms with Crippen molar-refractivity contribution in [2.75, 3.05) is 0 Å². The number of hydrogen-bond donors (Lipinski definition) is 0. The van der Waals surface area contributed by atoms with E-state index in [1.54, 1.807) is 0 Å². The molecule has 0 aromatic heterocycles. The van der Waals surface area contributed by atoms with Crippen molar-refractivity contribution in [1.29, 1.82) is 0 Å². The summed E-state index contributed by atoms with van der Waals surface area (Å²) in [6.07, 6.45) is 15.3. The zero-order valence-electron chi connectivity index (χ0n) is 16.9. The molecule has 0 heterocycles. The molecule has 8 aliphatic rings. The molecule has 1 heteroatoms. The van der Waals surface area contributed by atoms with E-state index in [4.69, 9.17) is 0 Å². The van der Waals surface area contributed by atoms with Crippen LogP contribution in [0.5, 0.6) is 0 Å². The molecular weight excluding hydrogens is 307 g/mol. The van der Waals surface area contributed by atoms with Gasteiger partial charge in [-0.05, 0) is 115 Å². The molecule has 8 rings (SSSR count). The average Bonchev–Trinajstić information content (AvgIpc) is 2.26. The molecule has 25 heavy (non-hydrogen) atoms. The summed E-state index contributed by atoms with van der Waals surface area (Å²) in [6, 6.07) is 0. The van der Waals surface area contributed by atoms with Gasteiger partial charge in [-0.1, -0.05) is 27.7 Å². The minimum Gasteiger partial charge on any atom is -0.244 e. The van der Waals surface area contributed by atoms with E-state index in [0.717, 1.165) is 25.2 Å². The monoisotopic (exact) mass is 344 g/mol. The molecule has 0 saturated heterocycles. The number of rotatable bonds is 1. The van der Waals surface area contributed by atoms with Crippen molar-refractivity contribution in [3.05, 3.63) is 0 Å². The fraction of sp³-hybridized carbons (Fsp3) is 1.00. The third-order valence-electron chi connectivity index (χ3n) is 10.3. The quantitative estimate of drug-likeness (QED) is 0.477. The normalized spacial score (nSPS) is 70.2. The van der Waals surface area contributed by atoms with E-state index in [1.807, 2.05) is 0 Å². The minimum absolute atomic E-state index is 0.281. The molecule has 140 valence electrons. The van der Waals surface area contributed by atoms with Gasteiger partial charge in [0, 0.05) is 0 Å². The van der Waals surface area contributed by atoms with Gasteiger partial charge in [0.25, 0.3) is 0 Å². The molecule has 0 N–H and O–H groups in total. The Balaban J connectivity index is 1.51. The van der Waals surface area contributed by atoms with Crippen LogP contribution in [0.1, 0.15) is 105 Å². The van der Waals surface area contributed by atoms with Crippen LogP contribution in [0, 0.1) is 38.4 Å². The van der Waals surface area contributed by atoms with Gasteiger partial charge in [0.15, 0.2) is 0 Å². The van der Waals surface area contributed by atoms with Crippen molar-refractivity contribution >= 4 is 0 Å². The van der Waals surface area contributed by atoms with Gasteiger partial charge in [0.05, 0.1) is 0 Å². The van der Waals surface area contributed by atoms with Crippen molar-refractivity contribution in [2.45, 2.75) is 110 Å². The third kappa shape index (κ3) is 1.90. The highest BCUT2D eigenvalue weighted by Crippen LogP contribution is 2.82. The average molecular weight is 345 g/mol. The summed E-state index contributed by atoms with van der Waals surface area (Å²) >= 11 is 0. The molecule has 8 fully saturated rings. The minimum atomic E-state index is -0.844. The first-order valence-corrected chi connectivity index (χ1v) is 11.1. The Labute approximate surface area is 153 Å². The maximum atomic E-state index is 16.1. The van der Waals surface area contributed by atoms with Crippen molar-refractivity contribution in [1.82, 2.24) is 0 Å². The first kappa shape index (κ1) is 15.9. The topological polar surface area (TPSA) is 0 Å². The summed E-state index contributed by atoms with van der Waals surface area (Å²) in [5.41, 5.74) is 1.63. The number of hydrogen-bond acceptors (Lipinski definition) is 0. The molecule has 4 atom stereocenters. The Kier molecular flexibility index (Phi) is 2.47. The Morgan fingerprint density at radius 2 is 1.00 bits per heavy atom. The summed E-state index contributed by atoms with van der Waals surface area (Å²) in [7, 11) is 0. The van der Waals surface area contributed by atoms with Gasteiger partial charge in [-0.25, -0.2) is 4.39 Å². The molecule has 0 radical (unpaired) electrons. The molecule has 0 nitrogen and oxygen atoms in total. The van der Waals surface area contributed by atoms with Gasteiger partial charge in [-0.2, -0.15) is 0 Å². The number of alkyl halides is 1. The lowest BCUT2D eigenvalue weighted by Gasteiger charge is -2.77. The van der Waals surface area contributed by atoms with Crippen LogP contribution in [0.3, 0.4) is 0 Å². The third-order valence-corrected chi connectivity index (χ3v) is 10.3. The van der Waals surface area contributed by atoms with Crippen LogP contribution >= 0.6 is 0 Å². The summed E-state index contributed by atoms with van der Waals surface area (Å²) in [5, 5.41) is 0. The Bertz CT molecular complexity index is 589. The molecule has 8 saturated carbocycles. The second-order valence-electron chi connectivity index (χ2n) is 14.0. The standard InChI is InChI=1S/C24H37F/c1-18-5-17-6-19(2,8-18)11-22(7-17,10-18)23-12-20(3)9-21(4,13-23)15-24(25,14-20)16-23/h17H,5-16H2,1-4H3. The first-order chi connectivity index (χ1) is 11.4. The predicted molar refractivity (Wildman–Crippen MR) is 100 cm³/mol. The van der Waals surface area contributed by atoms with Crippen molar-refractivity contribution in [2.24, 2.45) is 38.4 Å². The van der Waals surface area contributed by atoms with Gasteiger partial charge in [-0.3, -0.25) is 0 Å². The first-order valence-electron chi connectivity index (χ1n) is 11.1. The van der Waals surface area contributed by atoms with Gasteiger partial charge >= 0.3 is 0 Å². The zero-order valence-corrected chi connectivity index (χ0v) is 16.9. The summed E-state index contributed by atoms with van der Waals surface area (Å²) in [6.45, 7) is 10.1. The Morgan fingerprint density at radius 3 is 1.48 bits per heavy atom. The lowest BCUT2D eigenvalue weighted by molar-refractivity contribution is -0.284. The predicted octanol–water partition coefficient (Wildman–Crippen LogP) is 7.07. The van der Waals surface area contributed by atoms with Gasteiger partial charge in [0.2, 0.25) is 0 Å². The second-order valence-corrected chi connectivity index (χ2v) is 14.0. The molecule has 4 unspecified atom stereocenters. The summed E-state index contributed by atoms with van der Waals surface area (Å²) < 4.78 is 16.1. The van der Waals surface area contributed by atoms with Crippen molar-refractivity contribution < 1.29 is 4.39 Å². The van der Waals surface area contributed by atoms with E-state index >= 15 is 4.39 Å². The molecule has 8 aliphatic carbocycles. The maximum Gasteiger partial charge on any atom is 0.112 e. The van der Waals surface area contributed by atoms with Crippen LogP contribution in [0.15, 0.2) is 0 Å². The molecule has 8 bridgehead atoms. The fourth-order valence-electron chi connectivity index (χ4n) is 12.2. The highest BCUT2D eigenvalue weighted by atomic mass is 19.1. The molecule has 0 aromatic carbocycles. The van der Waals surface area contributed by atoms with E-state index in [2.05, 4.69) is 27.7 Å². The van der Waals surface area contributed by atoms with Crippen molar-refractivity contribution in [3.8, 4) is 0 Å². The summed E-state index contributed by atoms with van der Waals surface area (Å²) in [4.78, 5) is 0. The van der Waals surface area contributed by atoms with Crippen LogP contribution in [-0.2, 0) is 0 Å². The smallest absolute Gasteiger partial charge is 0.112 e. The highest BCUT2D eigenvalue weighted by molar-refractivity contribution is 5.24.